The Morgan fingerprint density at radius 2 is 2.33 bits per heavy atom. The summed E-state index contributed by atoms with van der Waals surface area (Å²) in [7, 11) is 1.47. The zero-order valence-electron chi connectivity index (χ0n) is 11.4. The van der Waals surface area contributed by atoms with Crippen LogP contribution in [0, 0.1) is 0 Å². The molecule has 0 aliphatic carbocycles. The van der Waals surface area contributed by atoms with Crippen molar-refractivity contribution < 1.29 is 19.2 Å². The summed E-state index contributed by atoms with van der Waals surface area (Å²) in [6.07, 6.45) is -0.769. The first-order valence-corrected chi connectivity index (χ1v) is 6.66. The Labute approximate surface area is 126 Å². The first-order valence-electron chi connectivity index (χ1n) is 6.28. The molecule has 0 aliphatic rings. The van der Waals surface area contributed by atoms with Gasteiger partial charge in [0.1, 0.15) is 5.69 Å². The summed E-state index contributed by atoms with van der Waals surface area (Å²) in [5, 5.41) is 16.4. The van der Waals surface area contributed by atoms with Gasteiger partial charge < -0.3 is 19.7 Å². The summed E-state index contributed by atoms with van der Waals surface area (Å²) in [4.78, 5) is 11.8. The predicted octanol–water partition coefficient (Wildman–Crippen LogP) is 1.73. The lowest BCUT2D eigenvalue weighted by atomic mass is 10.1. The number of nitrogens with zero attached hydrogens (tertiary/aromatic N) is 1. The van der Waals surface area contributed by atoms with Crippen LogP contribution in [0.2, 0.25) is 5.02 Å². The summed E-state index contributed by atoms with van der Waals surface area (Å²) < 4.78 is 9.76. The monoisotopic (exact) mass is 310 g/mol. The van der Waals surface area contributed by atoms with Gasteiger partial charge in [-0.25, -0.2) is 0 Å². The van der Waals surface area contributed by atoms with Crippen LogP contribution < -0.4 is 5.32 Å². The summed E-state index contributed by atoms with van der Waals surface area (Å²) in [6, 6.07) is 8.59. The number of carbonyl (C=O) groups excluding carboxylic acids is 1. The maximum atomic E-state index is 11.8. The quantitative estimate of drug-likeness (QED) is 0.849. The van der Waals surface area contributed by atoms with Gasteiger partial charge in [0.25, 0.3) is 5.91 Å². The Morgan fingerprint density at radius 3 is 3.05 bits per heavy atom. The van der Waals surface area contributed by atoms with Crippen molar-refractivity contribution in [3.05, 3.63) is 41.1 Å². The normalized spacial score (nSPS) is 12.1. The Balaban J connectivity index is 2.01. The van der Waals surface area contributed by atoms with Crippen molar-refractivity contribution in [1.29, 1.82) is 0 Å². The fourth-order valence-corrected chi connectivity index (χ4v) is 1.91. The highest BCUT2D eigenvalue weighted by Crippen LogP contribution is 2.22. The second kappa shape index (κ2) is 7.21. The molecule has 6 nitrogen and oxygen atoms in total. The van der Waals surface area contributed by atoms with Crippen molar-refractivity contribution in [2.24, 2.45) is 0 Å². The molecule has 112 valence electrons. The minimum absolute atomic E-state index is 0.0644. The molecule has 2 rings (SSSR count). The van der Waals surface area contributed by atoms with Gasteiger partial charge >= 0.3 is 0 Å². The standard InChI is InChI=1S/C14H15ClN2O4/c1-20-8-11(18)7-16-14(19)13-6-12(17-21-13)9-3-2-4-10(15)5-9/h2-6,11,18H,7-8H2,1H3,(H,16,19). The van der Waals surface area contributed by atoms with Crippen molar-refractivity contribution in [2.45, 2.75) is 6.10 Å². The number of aromatic nitrogens is 1. The fourth-order valence-electron chi connectivity index (χ4n) is 1.72. The van der Waals surface area contributed by atoms with E-state index in [4.69, 9.17) is 20.9 Å². The van der Waals surface area contributed by atoms with E-state index in [9.17, 15) is 9.90 Å². The molecule has 2 N–H and O–H groups in total. The molecule has 1 heterocycles. The zero-order valence-corrected chi connectivity index (χ0v) is 12.1. The van der Waals surface area contributed by atoms with Crippen LogP contribution in [0.1, 0.15) is 10.6 Å². The van der Waals surface area contributed by atoms with Crippen LogP contribution in [0.5, 0.6) is 0 Å². The van der Waals surface area contributed by atoms with Gasteiger partial charge in [-0.15, -0.1) is 0 Å². The summed E-state index contributed by atoms with van der Waals surface area (Å²) in [5.74, 6) is -0.388. The molecule has 0 saturated carbocycles. The van der Waals surface area contributed by atoms with Crippen LogP contribution in [0.3, 0.4) is 0 Å². The topological polar surface area (TPSA) is 84.6 Å². The third-order valence-electron chi connectivity index (χ3n) is 2.71. The Hall–Kier alpha value is -1.89. The number of carbonyl (C=O) groups is 1. The van der Waals surface area contributed by atoms with Gasteiger partial charge in [0, 0.05) is 30.3 Å². The van der Waals surface area contributed by atoms with Crippen LogP contribution in [0.4, 0.5) is 0 Å². The van der Waals surface area contributed by atoms with E-state index in [1.807, 2.05) is 6.07 Å². The molecule has 0 fully saturated rings. The van der Waals surface area contributed by atoms with E-state index in [1.165, 1.54) is 13.2 Å². The Morgan fingerprint density at radius 1 is 1.52 bits per heavy atom. The molecule has 0 radical (unpaired) electrons. The lowest BCUT2D eigenvalue weighted by Gasteiger charge is -2.09. The van der Waals surface area contributed by atoms with E-state index in [0.29, 0.717) is 10.7 Å². The van der Waals surface area contributed by atoms with E-state index < -0.39 is 12.0 Å². The lowest BCUT2D eigenvalue weighted by molar-refractivity contribution is 0.0601. The van der Waals surface area contributed by atoms with Gasteiger partial charge in [0.05, 0.1) is 12.7 Å². The van der Waals surface area contributed by atoms with Gasteiger partial charge in [0.15, 0.2) is 0 Å². The fraction of sp³-hybridized carbons (Fsp3) is 0.286. The third kappa shape index (κ3) is 4.29. The highest BCUT2D eigenvalue weighted by Gasteiger charge is 2.15. The summed E-state index contributed by atoms with van der Waals surface area (Å²) >= 11 is 5.90. The number of ether oxygens (including phenoxy) is 1. The summed E-state index contributed by atoms with van der Waals surface area (Å²) in [6.45, 7) is 0.213. The molecular formula is C14H15ClN2O4. The van der Waals surface area contributed by atoms with E-state index >= 15 is 0 Å². The molecule has 1 aromatic heterocycles. The number of amides is 1. The highest BCUT2D eigenvalue weighted by molar-refractivity contribution is 6.30. The highest BCUT2D eigenvalue weighted by atomic mass is 35.5. The van der Waals surface area contributed by atoms with E-state index in [1.54, 1.807) is 18.2 Å². The number of rotatable bonds is 6. The molecular weight excluding hydrogens is 296 g/mol. The van der Waals surface area contributed by atoms with Crippen LogP contribution in [0.15, 0.2) is 34.9 Å². The molecule has 1 unspecified atom stereocenters. The first kappa shape index (κ1) is 15.5. The maximum absolute atomic E-state index is 11.8. The van der Waals surface area contributed by atoms with E-state index in [0.717, 1.165) is 5.56 Å². The van der Waals surface area contributed by atoms with Crippen molar-refractivity contribution in [2.75, 3.05) is 20.3 Å². The van der Waals surface area contributed by atoms with Crippen LogP contribution in [0.25, 0.3) is 11.3 Å². The van der Waals surface area contributed by atoms with Crippen molar-refractivity contribution in [3.63, 3.8) is 0 Å². The minimum atomic E-state index is -0.769. The largest absolute Gasteiger partial charge is 0.389 e. The molecule has 2 aromatic rings. The van der Waals surface area contributed by atoms with E-state index in [-0.39, 0.29) is 18.9 Å². The number of hydrogen-bond acceptors (Lipinski definition) is 5. The van der Waals surface area contributed by atoms with Gasteiger partial charge in [-0.1, -0.05) is 28.9 Å². The van der Waals surface area contributed by atoms with Crippen molar-refractivity contribution in [1.82, 2.24) is 10.5 Å². The zero-order chi connectivity index (χ0) is 15.2. The molecule has 1 atom stereocenters. The number of halogens is 1. The second-order valence-corrected chi connectivity index (χ2v) is 4.84. The number of hydrogen-bond donors (Lipinski definition) is 2. The third-order valence-corrected chi connectivity index (χ3v) is 2.95. The smallest absolute Gasteiger partial charge is 0.290 e. The Kier molecular flexibility index (Phi) is 5.32. The minimum Gasteiger partial charge on any atom is -0.389 e. The number of aliphatic hydroxyl groups excluding tert-OH is 1. The second-order valence-electron chi connectivity index (χ2n) is 4.41. The molecule has 0 saturated heterocycles. The molecule has 1 amide bonds. The molecule has 0 aliphatic heterocycles. The van der Waals surface area contributed by atoms with E-state index in [2.05, 4.69) is 10.5 Å². The first-order chi connectivity index (χ1) is 10.1. The molecule has 0 bridgehead atoms. The van der Waals surface area contributed by atoms with Crippen LogP contribution in [-0.4, -0.2) is 42.5 Å². The molecule has 7 heteroatoms. The van der Waals surface area contributed by atoms with Crippen LogP contribution >= 0.6 is 11.6 Å². The SMILES string of the molecule is COCC(O)CNC(=O)c1cc(-c2cccc(Cl)c2)no1. The predicted molar refractivity (Wildman–Crippen MR) is 77.2 cm³/mol. The molecule has 0 spiro atoms. The molecule has 1 aromatic carbocycles. The van der Waals surface area contributed by atoms with Crippen LogP contribution in [-0.2, 0) is 4.74 Å². The molecule has 21 heavy (non-hydrogen) atoms. The van der Waals surface area contributed by atoms with Crippen molar-refractivity contribution in [3.8, 4) is 11.3 Å². The van der Waals surface area contributed by atoms with Gasteiger partial charge in [-0.2, -0.15) is 0 Å². The number of nitrogens with one attached hydrogen (secondary N) is 1. The number of methoxy groups -OCH3 is 1. The average molecular weight is 311 g/mol. The average Bonchev–Trinajstić information content (AvgIpc) is 2.95. The number of benzene rings is 1. The Bertz CT molecular complexity index is 615. The van der Waals surface area contributed by atoms with Crippen molar-refractivity contribution >= 4 is 17.5 Å². The van der Waals surface area contributed by atoms with Gasteiger partial charge in [-0.3, -0.25) is 4.79 Å². The van der Waals surface area contributed by atoms with Gasteiger partial charge in [-0.05, 0) is 12.1 Å². The number of aliphatic hydroxyl groups is 1. The summed E-state index contributed by atoms with van der Waals surface area (Å²) in [5.41, 5.74) is 1.27. The van der Waals surface area contributed by atoms with Gasteiger partial charge in [0.2, 0.25) is 5.76 Å². The lowest BCUT2D eigenvalue weighted by Crippen LogP contribution is -2.34. The maximum Gasteiger partial charge on any atom is 0.290 e.